The molecule has 0 heterocycles. The number of rotatable bonds is 8. The molecule has 11 nitrogen and oxygen atoms in total. The molecule has 4 aromatic rings. The Balaban J connectivity index is 1.34. The first-order valence-corrected chi connectivity index (χ1v) is 11.4. The Morgan fingerprint density at radius 1 is 0.564 bits per heavy atom. The largest absolute Gasteiger partial charge is 0.457 e. The average Bonchev–Trinajstić information content (AvgIpc) is 2.90. The number of ether oxygens (including phenoxy) is 3. The summed E-state index contributed by atoms with van der Waals surface area (Å²) < 4.78 is 16.4. The van der Waals surface area contributed by atoms with Crippen molar-refractivity contribution in [2.24, 2.45) is 0 Å². The first kappa shape index (κ1) is 26.5. The van der Waals surface area contributed by atoms with Crippen LogP contribution in [0, 0.1) is 34.1 Å². The molecule has 0 unspecified atom stereocenters. The molecule has 0 saturated heterocycles. The van der Waals surface area contributed by atoms with E-state index in [9.17, 15) is 29.8 Å². The number of carbonyl (C=O) groups excluding carboxylic acids is 2. The molecular weight excluding hydrogens is 508 g/mol. The molecule has 0 bridgehead atoms. The lowest BCUT2D eigenvalue weighted by Crippen LogP contribution is -2.09. The average molecular weight is 528 g/mol. The van der Waals surface area contributed by atoms with Crippen LogP contribution in [-0.2, 0) is 0 Å². The molecule has 0 fully saturated rings. The molecule has 0 aliphatic rings. The number of nitro groups is 2. The Morgan fingerprint density at radius 3 is 1.21 bits per heavy atom. The molecule has 196 valence electrons. The van der Waals surface area contributed by atoms with Gasteiger partial charge in [-0.25, -0.2) is 9.59 Å². The molecule has 0 spiro atoms. The number of hydrogen-bond donors (Lipinski definition) is 0. The van der Waals surface area contributed by atoms with Gasteiger partial charge in [-0.2, -0.15) is 0 Å². The molecule has 0 N–H and O–H groups in total. The van der Waals surface area contributed by atoms with Crippen LogP contribution >= 0.6 is 0 Å². The Labute approximate surface area is 221 Å². The second-order valence-electron chi connectivity index (χ2n) is 8.34. The quantitative estimate of drug-likeness (QED) is 0.110. The van der Waals surface area contributed by atoms with Crippen molar-refractivity contribution < 1.29 is 33.6 Å². The second kappa shape index (κ2) is 11.2. The molecule has 0 aliphatic carbocycles. The van der Waals surface area contributed by atoms with E-state index in [1.165, 1.54) is 74.5 Å². The van der Waals surface area contributed by atoms with E-state index in [4.69, 9.17) is 14.2 Å². The van der Waals surface area contributed by atoms with Gasteiger partial charge in [0.1, 0.15) is 23.0 Å². The van der Waals surface area contributed by atoms with Gasteiger partial charge in [0.15, 0.2) is 0 Å². The maximum Gasteiger partial charge on any atom is 0.343 e. The number of carbonyl (C=O) groups is 2. The predicted octanol–water partition coefficient (Wildman–Crippen LogP) is 6.35. The van der Waals surface area contributed by atoms with Gasteiger partial charge in [0, 0.05) is 23.3 Å². The van der Waals surface area contributed by atoms with Gasteiger partial charge >= 0.3 is 11.9 Å². The van der Waals surface area contributed by atoms with E-state index >= 15 is 0 Å². The first-order valence-electron chi connectivity index (χ1n) is 11.4. The van der Waals surface area contributed by atoms with Gasteiger partial charge in [-0.15, -0.1) is 0 Å². The highest BCUT2D eigenvalue weighted by Crippen LogP contribution is 2.27. The summed E-state index contributed by atoms with van der Waals surface area (Å²) in [5.74, 6) is 0.102. The van der Waals surface area contributed by atoms with Crippen molar-refractivity contribution in [3.05, 3.63) is 127 Å². The zero-order valence-electron chi connectivity index (χ0n) is 20.7. The standard InChI is InChI=1S/C28H20N2O9/c1-17-15-19(3-13-25(17)29(33)34)27(31)38-23-9-5-21(6-10-23)37-22-7-11-24(12-8-22)39-28(32)20-4-14-26(30(35)36)18(2)16-20/h3-16H,1-2H3. The smallest absolute Gasteiger partial charge is 0.343 e. The maximum atomic E-state index is 12.4. The summed E-state index contributed by atoms with van der Waals surface area (Å²) >= 11 is 0. The summed E-state index contributed by atoms with van der Waals surface area (Å²) in [5, 5.41) is 21.9. The molecule has 0 atom stereocenters. The molecular formula is C28H20N2O9. The van der Waals surface area contributed by atoms with Crippen LogP contribution in [0.3, 0.4) is 0 Å². The minimum Gasteiger partial charge on any atom is -0.457 e. The van der Waals surface area contributed by atoms with Crippen molar-refractivity contribution in [1.29, 1.82) is 0 Å². The van der Waals surface area contributed by atoms with Crippen LogP contribution in [0.5, 0.6) is 23.0 Å². The lowest BCUT2D eigenvalue weighted by atomic mass is 10.1. The summed E-state index contributed by atoms with van der Waals surface area (Å²) in [5.41, 5.74) is 0.893. The number of esters is 2. The summed E-state index contributed by atoms with van der Waals surface area (Å²) in [6.07, 6.45) is 0. The normalized spacial score (nSPS) is 10.4. The second-order valence-corrected chi connectivity index (χ2v) is 8.34. The lowest BCUT2D eigenvalue weighted by Gasteiger charge is -2.09. The van der Waals surface area contributed by atoms with Crippen LogP contribution in [0.4, 0.5) is 11.4 Å². The van der Waals surface area contributed by atoms with Crippen LogP contribution in [0.2, 0.25) is 0 Å². The number of benzene rings is 4. The fourth-order valence-corrected chi connectivity index (χ4v) is 3.59. The van der Waals surface area contributed by atoms with Gasteiger partial charge in [0.05, 0.1) is 21.0 Å². The highest BCUT2D eigenvalue weighted by molar-refractivity contribution is 5.92. The zero-order valence-corrected chi connectivity index (χ0v) is 20.7. The molecule has 39 heavy (non-hydrogen) atoms. The van der Waals surface area contributed by atoms with Crippen molar-refractivity contribution in [3.63, 3.8) is 0 Å². The number of nitrogens with zero attached hydrogens (tertiary/aromatic N) is 2. The Kier molecular flexibility index (Phi) is 7.62. The van der Waals surface area contributed by atoms with Crippen molar-refractivity contribution >= 4 is 23.3 Å². The summed E-state index contributed by atoms with van der Waals surface area (Å²) in [7, 11) is 0. The van der Waals surface area contributed by atoms with E-state index in [1.807, 2.05) is 0 Å². The third kappa shape index (κ3) is 6.41. The molecule has 0 aliphatic heterocycles. The topological polar surface area (TPSA) is 148 Å². The van der Waals surface area contributed by atoms with E-state index in [0.29, 0.717) is 22.6 Å². The van der Waals surface area contributed by atoms with Crippen LogP contribution in [0.25, 0.3) is 0 Å². The lowest BCUT2D eigenvalue weighted by molar-refractivity contribution is -0.385. The van der Waals surface area contributed by atoms with Gasteiger partial charge in [0.25, 0.3) is 11.4 Å². The van der Waals surface area contributed by atoms with E-state index in [-0.39, 0.29) is 34.0 Å². The van der Waals surface area contributed by atoms with Crippen molar-refractivity contribution in [3.8, 4) is 23.0 Å². The van der Waals surface area contributed by atoms with Gasteiger partial charge in [0.2, 0.25) is 0 Å². The highest BCUT2D eigenvalue weighted by Gasteiger charge is 2.17. The van der Waals surface area contributed by atoms with Gasteiger partial charge < -0.3 is 14.2 Å². The highest BCUT2D eigenvalue weighted by atomic mass is 16.6. The van der Waals surface area contributed by atoms with E-state index in [0.717, 1.165) is 0 Å². The van der Waals surface area contributed by atoms with Crippen LogP contribution in [-0.4, -0.2) is 21.8 Å². The van der Waals surface area contributed by atoms with Gasteiger partial charge in [-0.1, -0.05) is 0 Å². The van der Waals surface area contributed by atoms with Crippen LogP contribution in [0.1, 0.15) is 31.8 Å². The minimum atomic E-state index is -0.657. The summed E-state index contributed by atoms with van der Waals surface area (Å²) in [6.45, 7) is 3.08. The Morgan fingerprint density at radius 2 is 0.897 bits per heavy atom. The molecule has 0 radical (unpaired) electrons. The third-order valence-electron chi connectivity index (χ3n) is 5.56. The molecule has 4 aromatic carbocycles. The third-order valence-corrected chi connectivity index (χ3v) is 5.56. The van der Waals surface area contributed by atoms with Gasteiger partial charge in [-0.05, 0) is 86.6 Å². The van der Waals surface area contributed by atoms with E-state index < -0.39 is 21.8 Å². The zero-order chi connectivity index (χ0) is 28.1. The number of aryl methyl sites for hydroxylation is 2. The minimum absolute atomic E-state index is 0.0844. The van der Waals surface area contributed by atoms with E-state index in [2.05, 4.69) is 0 Å². The number of nitro benzene ring substituents is 2. The first-order chi connectivity index (χ1) is 18.6. The maximum absolute atomic E-state index is 12.4. The summed E-state index contributed by atoms with van der Waals surface area (Å²) in [4.78, 5) is 45.6. The molecule has 0 saturated carbocycles. The Hall–Kier alpha value is -5.58. The fourth-order valence-electron chi connectivity index (χ4n) is 3.59. The summed E-state index contributed by atoms with van der Waals surface area (Å²) in [6, 6.07) is 20.5. The molecule has 11 heteroatoms. The SMILES string of the molecule is Cc1cc(C(=O)Oc2ccc(Oc3ccc(OC(=O)c4ccc([N+](=O)[O-])c(C)c4)cc3)cc2)ccc1[N+](=O)[O-]. The monoisotopic (exact) mass is 528 g/mol. The molecule has 4 rings (SSSR count). The van der Waals surface area contributed by atoms with Crippen LogP contribution < -0.4 is 14.2 Å². The van der Waals surface area contributed by atoms with Crippen molar-refractivity contribution in [1.82, 2.24) is 0 Å². The molecule has 0 amide bonds. The van der Waals surface area contributed by atoms with E-state index in [1.54, 1.807) is 24.3 Å². The predicted molar refractivity (Wildman–Crippen MR) is 139 cm³/mol. The van der Waals surface area contributed by atoms with Crippen molar-refractivity contribution in [2.45, 2.75) is 13.8 Å². The number of hydrogen-bond acceptors (Lipinski definition) is 9. The molecule has 0 aromatic heterocycles. The Bertz CT molecular complexity index is 1460. The van der Waals surface area contributed by atoms with Crippen LogP contribution in [0.15, 0.2) is 84.9 Å². The van der Waals surface area contributed by atoms with Crippen molar-refractivity contribution in [2.75, 3.05) is 0 Å². The van der Waals surface area contributed by atoms with Gasteiger partial charge in [-0.3, -0.25) is 20.2 Å². The fraction of sp³-hybridized carbons (Fsp3) is 0.0714.